The Hall–Kier alpha value is -3.85. The number of thioether (sulfide) groups is 1. The maximum atomic E-state index is 12.8. The van der Waals surface area contributed by atoms with Crippen molar-refractivity contribution in [2.45, 2.75) is 18.5 Å². The van der Waals surface area contributed by atoms with E-state index in [0.717, 1.165) is 22.3 Å². The summed E-state index contributed by atoms with van der Waals surface area (Å²) in [4.78, 5) is 42.2. The van der Waals surface area contributed by atoms with Gasteiger partial charge < -0.3 is 20.1 Å². The Morgan fingerprint density at radius 3 is 2.43 bits per heavy atom. The van der Waals surface area contributed by atoms with E-state index in [2.05, 4.69) is 34.6 Å². The molecule has 1 aromatic heterocycles. The topological polar surface area (TPSA) is 109 Å². The summed E-state index contributed by atoms with van der Waals surface area (Å²) >= 11 is 1.40. The maximum Gasteiger partial charge on any atom is 0.407 e. The highest BCUT2D eigenvalue weighted by Crippen LogP contribution is 2.44. The Morgan fingerprint density at radius 2 is 1.74 bits per heavy atom. The zero-order valence-corrected chi connectivity index (χ0v) is 19.5. The van der Waals surface area contributed by atoms with Crippen molar-refractivity contribution < 1.29 is 24.2 Å². The lowest BCUT2D eigenvalue weighted by molar-refractivity contribution is -0.140. The molecule has 0 unspecified atom stereocenters. The van der Waals surface area contributed by atoms with E-state index in [-0.39, 0.29) is 25.0 Å². The molecule has 1 atom stereocenters. The molecule has 2 N–H and O–H groups in total. The fraction of sp³-hybridized carbons (Fsp3) is 0.231. The number of aliphatic carboxylic acids is 1. The summed E-state index contributed by atoms with van der Waals surface area (Å²) in [6.07, 6.45) is 0.897. The molecule has 2 heterocycles. The third-order valence-electron chi connectivity index (χ3n) is 6.25. The lowest BCUT2D eigenvalue weighted by Crippen LogP contribution is -2.41. The van der Waals surface area contributed by atoms with Crippen LogP contribution in [0.5, 0.6) is 0 Å². The second-order valence-electron chi connectivity index (χ2n) is 8.34. The minimum absolute atomic E-state index is 0.0345. The number of nitrogens with one attached hydrogen (secondary N) is 1. The molecule has 2 aliphatic rings. The molecule has 1 fully saturated rings. The van der Waals surface area contributed by atoms with Crippen LogP contribution in [0.1, 0.15) is 33.1 Å². The van der Waals surface area contributed by atoms with Gasteiger partial charge in [-0.3, -0.25) is 9.78 Å². The summed E-state index contributed by atoms with van der Waals surface area (Å²) in [5.41, 5.74) is 5.39. The molecule has 2 amide bonds. The van der Waals surface area contributed by atoms with Gasteiger partial charge in [0.15, 0.2) is 0 Å². The third-order valence-corrected chi connectivity index (χ3v) is 7.26. The van der Waals surface area contributed by atoms with Crippen molar-refractivity contribution in [3.8, 4) is 11.1 Å². The van der Waals surface area contributed by atoms with Gasteiger partial charge in [-0.2, -0.15) is 0 Å². The standard InChI is InChI=1S/C26H23N3O5S/c30-24(29-15-35-14-23(29)25(31)32)16-9-10-27-17(11-16)12-28-26(33)34-13-22-20-7-3-1-5-18(20)19-6-2-4-8-21(19)22/h1-11,22-23H,12-15H2,(H,28,33)(H,31,32)/t23-/m0/s1. The lowest BCUT2D eigenvalue weighted by Gasteiger charge is -2.20. The molecular formula is C26H23N3O5S. The van der Waals surface area contributed by atoms with Crippen LogP contribution in [0.4, 0.5) is 4.79 Å². The molecule has 1 aliphatic carbocycles. The molecule has 0 radical (unpaired) electrons. The van der Waals surface area contributed by atoms with Crippen LogP contribution < -0.4 is 5.32 Å². The Balaban J connectivity index is 1.20. The van der Waals surface area contributed by atoms with Gasteiger partial charge in [0.2, 0.25) is 0 Å². The minimum atomic E-state index is -1.02. The predicted molar refractivity (Wildman–Crippen MR) is 131 cm³/mol. The van der Waals surface area contributed by atoms with Crippen molar-refractivity contribution in [3.63, 3.8) is 0 Å². The van der Waals surface area contributed by atoms with Gasteiger partial charge in [-0.15, -0.1) is 11.8 Å². The van der Waals surface area contributed by atoms with E-state index in [4.69, 9.17) is 4.74 Å². The monoisotopic (exact) mass is 489 g/mol. The first-order valence-corrected chi connectivity index (χ1v) is 12.3. The van der Waals surface area contributed by atoms with Gasteiger partial charge in [0.25, 0.3) is 5.91 Å². The molecule has 2 aromatic carbocycles. The Bertz CT molecular complexity index is 1250. The van der Waals surface area contributed by atoms with Crippen molar-refractivity contribution in [3.05, 3.63) is 89.2 Å². The van der Waals surface area contributed by atoms with Crippen molar-refractivity contribution in [2.24, 2.45) is 0 Å². The van der Waals surface area contributed by atoms with E-state index in [1.807, 2.05) is 24.3 Å². The number of hydrogen-bond acceptors (Lipinski definition) is 6. The first kappa shape index (κ1) is 22.9. The van der Waals surface area contributed by atoms with E-state index in [0.29, 0.717) is 22.9 Å². The van der Waals surface area contributed by atoms with Crippen LogP contribution in [-0.2, 0) is 16.1 Å². The zero-order chi connectivity index (χ0) is 24.4. The largest absolute Gasteiger partial charge is 0.480 e. The van der Waals surface area contributed by atoms with Crippen LogP contribution in [0, 0.1) is 0 Å². The molecule has 3 aromatic rings. The number of carboxylic acid groups (broad SMARTS) is 1. The van der Waals surface area contributed by atoms with Crippen molar-refractivity contribution in [2.75, 3.05) is 18.2 Å². The van der Waals surface area contributed by atoms with Gasteiger partial charge >= 0.3 is 12.1 Å². The summed E-state index contributed by atoms with van der Waals surface area (Å²) < 4.78 is 5.54. The number of rotatable bonds is 6. The normalized spacial score (nSPS) is 16.5. The number of fused-ring (bicyclic) bond motifs is 3. The molecular weight excluding hydrogens is 466 g/mol. The molecule has 0 spiro atoms. The Labute approximate surface area is 206 Å². The summed E-state index contributed by atoms with van der Waals surface area (Å²) in [5, 5.41) is 12.0. The summed E-state index contributed by atoms with van der Waals surface area (Å²) in [6.45, 7) is 0.282. The van der Waals surface area contributed by atoms with E-state index >= 15 is 0 Å². The van der Waals surface area contributed by atoms with Crippen LogP contribution in [0.25, 0.3) is 11.1 Å². The number of nitrogens with zero attached hydrogens (tertiary/aromatic N) is 2. The molecule has 1 saturated heterocycles. The van der Waals surface area contributed by atoms with Crippen molar-refractivity contribution in [1.82, 2.24) is 15.2 Å². The van der Waals surface area contributed by atoms with Crippen molar-refractivity contribution in [1.29, 1.82) is 0 Å². The Morgan fingerprint density at radius 1 is 1.06 bits per heavy atom. The second kappa shape index (κ2) is 9.79. The highest BCUT2D eigenvalue weighted by atomic mass is 32.2. The van der Waals surface area contributed by atoms with E-state index in [9.17, 15) is 19.5 Å². The number of hydrogen-bond donors (Lipinski definition) is 2. The lowest BCUT2D eigenvalue weighted by atomic mass is 9.98. The first-order valence-electron chi connectivity index (χ1n) is 11.2. The van der Waals surface area contributed by atoms with Crippen LogP contribution >= 0.6 is 11.8 Å². The molecule has 35 heavy (non-hydrogen) atoms. The van der Waals surface area contributed by atoms with Crippen LogP contribution in [0.2, 0.25) is 0 Å². The van der Waals surface area contributed by atoms with Crippen LogP contribution in [0.3, 0.4) is 0 Å². The van der Waals surface area contributed by atoms with E-state index in [1.54, 1.807) is 12.1 Å². The molecule has 178 valence electrons. The highest BCUT2D eigenvalue weighted by molar-refractivity contribution is 7.99. The molecule has 8 nitrogen and oxygen atoms in total. The number of carbonyl (C=O) groups excluding carboxylic acids is 2. The number of benzene rings is 2. The number of aromatic nitrogens is 1. The molecule has 0 saturated carbocycles. The number of pyridine rings is 1. The zero-order valence-electron chi connectivity index (χ0n) is 18.7. The fourth-order valence-corrected chi connectivity index (χ4v) is 5.68. The number of alkyl carbamates (subject to hydrolysis) is 1. The third kappa shape index (κ3) is 4.59. The summed E-state index contributed by atoms with van der Waals surface area (Å²) in [7, 11) is 0. The summed E-state index contributed by atoms with van der Waals surface area (Å²) in [6, 6.07) is 18.5. The molecule has 1 aliphatic heterocycles. The van der Waals surface area contributed by atoms with E-state index in [1.165, 1.54) is 22.9 Å². The highest BCUT2D eigenvalue weighted by Gasteiger charge is 2.35. The van der Waals surface area contributed by atoms with Gasteiger partial charge in [0, 0.05) is 23.4 Å². The predicted octanol–water partition coefficient (Wildman–Crippen LogP) is 3.72. The number of ether oxygens (including phenoxy) is 1. The van der Waals surface area contributed by atoms with Gasteiger partial charge in [0.05, 0.1) is 18.1 Å². The van der Waals surface area contributed by atoms with Crippen molar-refractivity contribution >= 4 is 29.7 Å². The molecule has 0 bridgehead atoms. The molecule has 9 heteroatoms. The minimum Gasteiger partial charge on any atom is -0.480 e. The Kier molecular flexibility index (Phi) is 6.41. The molecule has 5 rings (SSSR count). The maximum absolute atomic E-state index is 12.8. The first-order chi connectivity index (χ1) is 17.0. The number of carboxylic acids is 1. The second-order valence-corrected chi connectivity index (χ2v) is 9.34. The van der Waals surface area contributed by atoms with Gasteiger partial charge in [0.1, 0.15) is 12.6 Å². The quantitative estimate of drug-likeness (QED) is 0.543. The van der Waals surface area contributed by atoms with Gasteiger partial charge in [-0.05, 0) is 34.4 Å². The number of carbonyl (C=O) groups is 3. The van der Waals surface area contributed by atoms with E-state index < -0.39 is 18.1 Å². The SMILES string of the molecule is O=C(NCc1cc(C(=O)N2CSC[C@H]2C(=O)O)ccn1)OCC1c2ccccc2-c2ccccc21. The average molecular weight is 490 g/mol. The van der Waals surface area contributed by atoms with Crippen LogP contribution in [0.15, 0.2) is 66.9 Å². The average Bonchev–Trinajstić information content (AvgIpc) is 3.50. The number of amides is 2. The smallest absolute Gasteiger partial charge is 0.407 e. The fourth-order valence-electron chi connectivity index (χ4n) is 4.53. The van der Waals surface area contributed by atoms with Gasteiger partial charge in [-0.1, -0.05) is 48.5 Å². The van der Waals surface area contributed by atoms with Gasteiger partial charge in [-0.25, -0.2) is 9.59 Å². The van der Waals surface area contributed by atoms with Crippen LogP contribution in [-0.4, -0.2) is 57.2 Å². The summed E-state index contributed by atoms with van der Waals surface area (Å²) in [5.74, 6) is -0.733.